The number of carbonyl (C=O) groups is 2. The Hall–Kier alpha value is -2.15. The van der Waals surface area contributed by atoms with Gasteiger partial charge in [0.1, 0.15) is 0 Å². The van der Waals surface area contributed by atoms with Crippen molar-refractivity contribution >= 4 is 11.9 Å². The Morgan fingerprint density at radius 3 is 2.59 bits per heavy atom. The van der Waals surface area contributed by atoms with Crippen LogP contribution in [0.5, 0.6) is 0 Å². The molecule has 0 radical (unpaired) electrons. The van der Waals surface area contributed by atoms with Crippen molar-refractivity contribution in [2.45, 2.75) is 64.5 Å². The molecule has 5 rings (SSSR count). The molecule has 1 aromatic heterocycles. The second kappa shape index (κ2) is 8.65. The van der Waals surface area contributed by atoms with Gasteiger partial charge >= 0.3 is 6.03 Å². The average Bonchev–Trinajstić information content (AvgIpc) is 3.50. The molecule has 3 aliphatic heterocycles. The molecular formula is C25H37N5O2. The number of amides is 3. The molecule has 7 heteroatoms. The highest BCUT2D eigenvalue weighted by atomic mass is 16.2. The van der Waals surface area contributed by atoms with Gasteiger partial charge in [0.15, 0.2) is 0 Å². The van der Waals surface area contributed by atoms with Crippen LogP contribution in [-0.2, 0) is 11.3 Å². The highest BCUT2D eigenvalue weighted by Gasteiger charge is 2.64. The van der Waals surface area contributed by atoms with E-state index >= 15 is 0 Å². The summed E-state index contributed by atoms with van der Waals surface area (Å²) >= 11 is 0. The number of pyridine rings is 1. The van der Waals surface area contributed by atoms with Gasteiger partial charge in [0, 0.05) is 69.7 Å². The summed E-state index contributed by atoms with van der Waals surface area (Å²) in [7, 11) is 0. The van der Waals surface area contributed by atoms with Gasteiger partial charge in [0.05, 0.1) is 5.41 Å². The summed E-state index contributed by atoms with van der Waals surface area (Å²) in [5.41, 5.74) is 0.852. The molecule has 1 saturated carbocycles. The SMILES string of the molecule is CCN1CCC2(CN(Cc3cccnc3)CC23CCN(C(=O)NC2CCCC2)CC3)C1=O. The van der Waals surface area contributed by atoms with Gasteiger partial charge in [0.2, 0.25) is 5.91 Å². The van der Waals surface area contributed by atoms with Gasteiger partial charge < -0.3 is 15.1 Å². The summed E-state index contributed by atoms with van der Waals surface area (Å²) in [6.45, 7) is 7.83. The maximum Gasteiger partial charge on any atom is 0.317 e. The van der Waals surface area contributed by atoms with E-state index in [1.165, 1.54) is 18.4 Å². The first-order chi connectivity index (χ1) is 15.6. The quantitative estimate of drug-likeness (QED) is 0.783. The molecule has 1 N–H and O–H groups in total. The highest BCUT2D eigenvalue weighted by Crippen LogP contribution is 2.58. The lowest BCUT2D eigenvalue weighted by molar-refractivity contribution is -0.141. The van der Waals surface area contributed by atoms with Crippen molar-refractivity contribution in [1.82, 2.24) is 25.0 Å². The number of likely N-dealkylation sites (tertiary alicyclic amines) is 3. The second-order valence-corrected chi connectivity index (χ2v) is 10.4. The fraction of sp³-hybridized carbons (Fsp3) is 0.720. The van der Waals surface area contributed by atoms with E-state index in [2.05, 4.69) is 33.1 Å². The third-order valence-electron chi connectivity index (χ3n) is 8.74. The van der Waals surface area contributed by atoms with Gasteiger partial charge in [-0.15, -0.1) is 0 Å². The molecule has 32 heavy (non-hydrogen) atoms. The van der Waals surface area contributed by atoms with E-state index in [0.717, 1.165) is 77.9 Å². The van der Waals surface area contributed by atoms with E-state index in [-0.39, 0.29) is 16.9 Å². The van der Waals surface area contributed by atoms with E-state index in [1.54, 1.807) is 0 Å². The number of rotatable bonds is 4. The van der Waals surface area contributed by atoms with Crippen LogP contribution >= 0.6 is 0 Å². The average molecular weight is 440 g/mol. The van der Waals surface area contributed by atoms with Crippen LogP contribution in [-0.4, -0.2) is 76.9 Å². The molecule has 7 nitrogen and oxygen atoms in total. The molecule has 3 saturated heterocycles. The molecule has 1 unspecified atom stereocenters. The Balaban J connectivity index is 1.32. The fourth-order valence-corrected chi connectivity index (χ4v) is 6.93. The summed E-state index contributed by atoms with van der Waals surface area (Å²) in [5, 5.41) is 3.25. The van der Waals surface area contributed by atoms with Gasteiger partial charge in [-0.2, -0.15) is 0 Å². The first-order valence-corrected chi connectivity index (χ1v) is 12.5. The summed E-state index contributed by atoms with van der Waals surface area (Å²) in [5.74, 6) is 0.345. The minimum absolute atomic E-state index is 0.0413. The first-order valence-electron chi connectivity index (χ1n) is 12.5. The number of fused-ring (bicyclic) bond motifs is 1. The smallest absolute Gasteiger partial charge is 0.317 e. The minimum atomic E-state index is -0.306. The summed E-state index contributed by atoms with van der Waals surface area (Å²) in [6.07, 6.45) is 11.2. The Morgan fingerprint density at radius 2 is 1.94 bits per heavy atom. The second-order valence-electron chi connectivity index (χ2n) is 10.4. The van der Waals surface area contributed by atoms with Crippen LogP contribution in [0.4, 0.5) is 4.79 Å². The van der Waals surface area contributed by atoms with Crippen molar-refractivity contribution in [3.8, 4) is 0 Å². The number of hydrogen-bond donors (Lipinski definition) is 1. The molecule has 4 heterocycles. The van der Waals surface area contributed by atoms with E-state index in [0.29, 0.717) is 11.9 Å². The number of aromatic nitrogens is 1. The van der Waals surface area contributed by atoms with Crippen LogP contribution in [0.15, 0.2) is 24.5 Å². The van der Waals surface area contributed by atoms with E-state index in [4.69, 9.17) is 0 Å². The lowest BCUT2D eigenvalue weighted by atomic mass is 9.60. The third-order valence-corrected chi connectivity index (χ3v) is 8.74. The van der Waals surface area contributed by atoms with Gasteiger partial charge in [-0.3, -0.25) is 14.7 Å². The van der Waals surface area contributed by atoms with Crippen molar-refractivity contribution in [3.05, 3.63) is 30.1 Å². The van der Waals surface area contributed by atoms with Crippen LogP contribution < -0.4 is 5.32 Å². The number of nitrogens with one attached hydrogen (secondary N) is 1. The Bertz CT molecular complexity index is 832. The number of urea groups is 1. The Labute approximate surface area is 191 Å². The molecule has 3 amide bonds. The normalized spacial score (nSPS) is 28.3. The van der Waals surface area contributed by atoms with Crippen molar-refractivity contribution in [2.24, 2.45) is 10.8 Å². The van der Waals surface area contributed by atoms with Crippen LogP contribution in [0.2, 0.25) is 0 Å². The molecule has 174 valence electrons. The molecular weight excluding hydrogens is 402 g/mol. The fourth-order valence-electron chi connectivity index (χ4n) is 6.93. The molecule has 1 atom stereocenters. The van der Waals surface area contributed by atoms with Crippen molar-refractivity contribution < 1.29 is 9.59 Å². The zero-order chi connectivity index (χ0) is 22.2. The van der Waals surface area contributed by atoms with Gasteiger partial charge in [-0.1, -0.05) is 18.9 Å². The van der Waals surface area contributed by atoms with E-state index in [9.17, 15) is 9.59 Å². The number of hydrogen-bond acceptors (Lipinski definition) is 4. The molecule has 1 aromatic rings. The van der Waals surface area contributed by atoms with E-state index in [1.807, 2.05) is 23.4 Å². The lowest BCUT2D eigenvalue weighted by Crippen LogP contribution is -2.55. The minimum Gasteiger partial charge on any atom is -0.342 e. The number of carbonyl (C=O) groups excluding carboxylic acids is 2. The van der Waals surface area contributed by atoms with Crippen LogP contribution in [0.3, 0.4) is 0 Å². The van der Waals surface area contributed by atoms with Gasteiger partial charge in [0.25, 0.3) is 0 Å². The lowest BCUT2D eigenvalue weighted by Gasteiger charge is -2.47. The summed E-state index contributed by atoms with van der Waals surface area (Å²) in [6, 6.07) is 4.55. The highest BCUT2D eigenvalue weighted by molar-refractivity contribution is 5.87. The van der Waals surface area contributed by atoms with E-state index < -0.39 is 0 Å². The first kappa shape index (κ1) is 21.7. The van der Waals surface area contributed by atoms with Crippen LogP contribution in [0, 0.1) is 10.8 Å². The molecule has 2 spiro atoms. The third kappa shape index (κ3) is 3.68. The maximum atomic E-state index is 13.7. The van der Waals surface area contributed by atoms with Gasteiger partial charge in [-0.25, -0.2) is 4.79 Å². The maximum absolute atomic E-state index is 13.7. The summed E-state index contributed by atoms with van der Waals surface area (Å²) < 4.78 is 0. The van der Waals surface area contributed by atoms with Crippen LogP contribution in [0.25, 0.3) is 0 Å². The van der Waals surface area contributed by atoms with Crippen LogP contribution in [0.1, 0.15) is 57.4 Å². The zero-order valence-electron chi connectivity index (χ0n) is 19.4. The van der Waals surface area contributed by atoms with Gasteiger partial charge in [-0.05, 0) is 50.7 Å². The largest absolute Gasteiger partial charge is 0.342 e. The predicted octanol–water partition coefficient (Wildman–Crippen LogP) is 2.87. The van der Waals surface area contributed by atoms with Crippen molar-refractivity contribution in [1.29, 1.82) is 0 Å². The van der Waals surface area contributed by atoms with Crippen molar-refractivity contribution in [2.75, 3.05) is 39.3 Å². The summed E-state index contributed by atoms with van der Waals surface area (Å²) in [4.78, 5) is 37.3. The topological polar surface area (TPSA) is 68.8 Å². The molecule has 4 aliphatic rings. The number of nitrogens with zero attached hydrogens (tertiary/aromatic N) is 4. The standard InChI is InChI=1S/C25H37N5O2/c1-2-29-15-11-25(22(29)31)19-28(17-20-6-5-12-26-16-20)18-24(25)9-13-30(14-10-24)23(32)27-21-7-3-4-8-21/h5-6,12,16,21H,2-4,7-11,13-15,17-19H2,1H3,(H,27,32). The van der Waals surface area contributed by atoms with Crippen molar-refractivity contribution in [3.63, 3.8) is 0 Å². The monoisotopic (exact) mass is 439 g/mol. The molecule has 1 aliphatic carbocycles. The Kier molecular flexibility index (Phi) is 5.86. The molecule has 0 bridgehead atoms. The Morgan fingerprint density at radius 1 is 1.16 bits per heavy atom. The predicted molar refractivity (Wildman–Crippen MR) is 123 cm³/mol. The zero-order valence-corrected chi connectivity index (χ0v) is 19.4. The molecule has 4 fully saturated rings. The molecule has 0 aromatic carbocycles. The number of piperidine rings is 1.